The maximum atomic E-state index is 10.5. The van der Waals surface area contributed by atoms with E-state index in [1.54, 1.807) is 6.08 Å². The highest BCUT2D eigenvalue weighted by molar-refractivity contribution is 6.30. The molecule has 1 aromatic rings. The fourth-order valence-electron chi connectivity index (χ4n) is 1.61. The van der Waals surface area contributed by atoms with Gasteiger partial charge >= 0.3 is 0 Å². The predicted octanol–water partition coefficient (Wildman–Crippen LogP) is 4.34. The second-order valence-corrected chi connectivity index (χ2v) is 4.64. The first-order chi connectivity index (χ1) is 9.26. The van der Waals surface area contributed by atoms with Crippen molar-refractivity contribution in [3.8, 4) is 0 Å². The maximum Gasteiger partial charge on any atom is 0.149 e. The zero-order valence-corrected chi connectivity index (χ0v) is 11.7. The Labute approximate surface area is 119 Å². The Morgan fingerprint density at radius 3 is 2.89 bits per heavy atom. The summed E-state index contributed by atoms with van der Waals surface area (Å²) in [5.74, 6) is 0. The lowest BCUT2D eigenvalue weighted by atomic mass is 10.2. The van der Waals surface area contributed by atoms with Gasteiger partial charge in [-0.2, -0.15) is 0 Å². The molecule has 3 heteroatoms. The summed E-state index contributed by atoms with van der Waals surface area (Å²) in [4.78, 5) is 10.5. The average Bonchev–Trinajstić information content (AvgIpc) is 2.42. The van der Waals surface area contributed by atoms with Gasteiger partial charge in [-0.1, -0.05) is 42.5 Å². The Balaban J connectivity index is 2.10. The lowest BCUT2D eigenvalue weighted by Crippen LogP contribution is -1.95. The van der Waals surface area contributed by atoms with Gasteiger partial charge in [-0.15, -0.1) is 0 Å². The van der Waals surface area contributed by atoms with Gasteiger partial charge in [0.15, 0.2) is 0 Å². The second-order valence-electron chi connectivity index (χ2n) is 4.20. The summed E-state index contributed by atoms with van der Waals surface area (Å²) in [6.07, 6.45) is 7.14. The molecule has 0 atom stereocenters. The van der Waals surface area contributed by atoms with Crippen LogP contribution in [0.1, 0.15) is 24.8 Å². The van der Waals surface area contributed by atoms with Crippen molar-refractivity contribution in [1.82, 2.24) is 0 Å². The highest BCUT2D eigenvalue weighted by Gasteiger charge is 1.95. The Morgan fingerprint density at radius 1 is 1.37 bits per heavy atom. The normalized spacial score (nSPS) is 11.3. The third-order valence-electron chi connectivity index (χ3n) is 2.65. The number of hydrogen-bond donors (Lipinski definition) is 0. The number of benzene rings is 1. The first-order valence-electron chi connectivity index (χ1n) is 6.36. The van der Waals surface area contributed by atoms with Gasteiger partial charge < -0.3 is 4.74 Å². The van der Waals surface area contributed by atoms with Crippen molar-refractivity contribution >= 4 is 17.9 Å². The summed E-state index contributed by atoms with van der Waals surface area (Å²) in [5.41, 5.74) is 1.74. The van der Waals surface area contributed by atoms with Gasteiger partial charge in [0.1, 0.15) is 6.29 Å². The molecular formula is C16H19ClO2. The average molecular weight is 279 g/mol. The minimum atomic E-state index is 0.586. The molecule has 0 saturated heterocycles. The lowest BCUT2D eigenvalue weighted by molar-refractivity contribution is -0.104. The lowest BCUT2D eigenvalue weighted by Gasteiger charge is -2.04. The minimum Gasteiger partial charge on any atom is -0.377 e. The molecule has 0 unspecified atom stereocenters. The molecule has 19 heavy (non-hydrogen) atoms. The molecule has 0 amide bonds. The summed E-state index contributed by atoms with van der Waals surface area (Å²) >= 11 is 5.88. The molecule has 0 aliphatic rings. The summed E-state index contributed by atoms with van der Waals surface area (Å²) in [5, 5.41) is 0.733. The van der Waals surface area contributed by atoms with Crippen LogP contribution in [-0.2, 0) is 16.1 Å². The highest BCUT2D eigenvalue weighted by atomic mass is 35.5. The van der Waals surface area contributed by atoms with E-state index in [1.165, 1.54) is 0 Å². The van der Waals surface area contributed by atoms with Crippen molar-refractivity contribution in [2.75, 3.05) is 6.61 Å². The van der Waals surface area contributed by atoms with E-state index < -0.39 is 0 Å². The molecule has 0 fully saturated rings. The van der Waals surface area contributed by atoms with Crippen LogP contribution in [0.15, 0.2) is 48.6 Å². The van der Waals surface area contributed by atoms with Crippen molar-refractivity contribution < 1.29 is 9.53 Å². The number of allylic oxidation sites excluding steroid dienone is 3. The van der Waals surface area contributed by atoms with Crippen molar-refractivity contribution in [2.45, 2.75) is 25.9 Å². The topological polar surface area (TPSA) is 26.3 Å². The number of carbonyl (C=O) groups is 1. The van der Waals surface area contributed by atoms with E-state index in [0.29, 0.717) is 18.8 Å². The van der Waals surface area contributed by atoms with Crippen LogP contribution in [0.25, 0.3) is 0 Å². The Morgan fingerprint density at radius 2 is 2.21 bits per heavy atom. The molecule has 0 aromatic heterocycles. The van der Waals surface area contributed by atoms with E-state index in [4.69, 9.17) is 16.3 Å². The van der Waals surface area contributed by atoms with Gasteiger partial charge in [-0.3, -0.25) is 4.79 Å². The summed E-state index contributed by atoms with van der Waals surface area (Å²) in [6, 6.07) is 7.67. The van der Waals surface area contributed by atoms with Gasteiger partial charge in [0.25, 0.3) is 0 Å². The Kier molecular flexibility index (Phi) is 7.87. The van der Waals surface area contributed by atoms with Crippen molar-refractivity contribution in [3.05, 3.63) is 59.2 Å². The number of hydrogen-bond acceptors (Lipinski definition) is 2. The molecule has 0 aliphatic carbocycles. The van der Waals surface area contributed by atoms with Crippen molar-refractivity contribution in [3.63, 3.8) is 0 Å². The van der Waals surface area contributed by atoms with Crippen molar-refractivity contribution in [2.24, 2.45) is 0 Å². The first kappa shape index (κ1) is 15.7. The quantitative estimate of drug-likeness (QED) is 0.291. The summed E-state index contributed by atoms with van der Waals surface area (Å²) < 4.78 is 5.57. The fourth-order valence-corrected chi connectivity index (χ4v) is 1.83. The predicted molar refractivity (Wildman–Crippen MR) is 79.3 cm³/mol. The second kappa shape index (κ2) is 9.54. The molecule has 0 N–H and O–H groups in total. The Bertz CT molecular complexity index is 428. The third-order valence-corrected chi connectivity index (χ3v) is 2.89. The number of unbranched alkanes of at least 4 members (excludes halogenated alkanes) is 2. The number of ether oxygens (including phenoxy) is 1. The van der Waals surface area contributed by atoms with Gasteiger partial charge in [0.2, 0.25) is 0 Å². The monoisotopic (exact) mass is 278 g/mol. The molecule has 2 nitrogen and oxygen atoms in total. The zero-order valence-electron chi connectivity index (χ0n) is 11.0. The number of aldehydes is 1. The Hall–Kier alpha value is -1.38. The molecule has 0 aliphatic heterocycles. The van der Waals surface area contributed by atoms with Gasteiger partial charge in [0.05, 0.1) is 6.61 Å². The van der Waals surface area contributed by atoms with Gasteiger partial charge in [-0.25, -0.2) is 0 Å². The molecule has 0 radical (unpaired) electrons. The SMILES string of the molecule is C=CC(C=O)=CCCCCOCc1cccc(Cl)c1. The van der Waals surface area contributed by atoms with Crippen LogP contribution in [0.2, 0.25) is 5.02 Å². The van der Waals surface area contributed by atoms with Crippen LogP contribution < -0.4 is 0 Å². The third kappa shape index (κ3) is 6.94. The highest BCUT2D eigenvalue weighted by Crippen LogP contribution is 2.11. The van der Waals surface area contributed by atoms with Crippen LogP contribution in [-0.4, -0.2) is 12.9 Å². The number of rotatable bonds is 9. The summed E-state index contributed by atoms with van der Waals surface area (Å²) in [7, 11) is 0. The molecule has 1 aromatic carbocycles. The van der Waals surface area contributed by atoms with Crippen molar-refractivity contribution in [1.29, 1.82) is 0 Å². The smallest absolute Gasteiger partial charge is 0.149 e. The molecule has 0 saturated carbocycles. The molecule has 0 bridgehead atoms. The fraction of sp³-hybridized carbons (Fsp3) is 0.312. The van der Waals surface area contributed by atoms with Crippen LogP contribution in [0.4, 0.5) is 0 Å². The van der Waals surface area contributed by atoms with E-state index in [-0.39, 0.29) is 0 Å². The standard InChI is InChI=1S/C16H19ClO2/c1-2-14(12-18)7-4-3-5-10-19-13-15-8-6-9-16(17)11-15/h2,6-9,11-12H,1,3-5,10,13H2. The molecule has 102 valence electrons. The number of halogens is 1. The number of carbonyl (C=O) groups excluding carboxylic acids is 1. The van der Waals surface area contributed by atoms with Crippen LogP contribution >= 0.6 is 11.6 Å². The minimum absolute atomic E-state index is 0.586. The molecule has 0 spiro atoms. The van der Waals surface area contributed by atoms with E-state index >= 15 is 0 Å². The van der Waals surface area contributed by atoms with E-state index in [9.17, 15) is 4.79 Å². The molecule has 0 heterocycles. The van der Waals surface area contributed by atoms with E-state index in [2.05, 4.69) is 6.58 Å². The molecule has 1 rings (SSSR count). The zero-order chi connectivity index (χ0) is 13.9. The van der Waals surface area contributed by atoms with E-state index in [0.717, 1.165) is 36.1 Å². The van der Waals surface area contributed by atoms with E-state index in [1.807, 2.05) is 30.3 Å². The summed E-state index contributed by atoms with van der Waals surface area (Å²) in [6.45, 7) is 4.86. The van der Waals surface area contributed by atoms with Crippen LogP contribution in [0.3, 0.4) is 0 Å². The van der Waals surface area contributed by atoms with Gasteiger partial charge in [-0.05, 0) is 37.0 Å². The van der Waals surface area contributed by atoms with Gasteiger partial charge in [0, 0.05) is 17.2 Å². The largest absolute Gasteiger partial charge is 0.377 e. The van der Waals surface area contributed by atoms with Crippen LogP contribution in [0, 0.1) is 0 Å². The first-order valence-corrected chi connectivity index (χ1v) is 6.74. The van der Waals surface area contributed by atoms with Crippen LogP contribution in [0.5, 0.6) is 0 Å². The maximum absolute atomic E-state index is 10.5. The molecular weight excluding hydrogens is 260 g/mol.